The van der Waals surface area contributed by atoms with Gasteiger partial charge < -0.3 is 4.74 Å². The van der Waals surface area contributed by atoms with Gasteiger partial charge in [0.2, 0.25) is 0 Å². The van der Waals surface area contributed by atoms with E-state index < -0.39 is 37.4 Å². The highest BCUT2D eigenvalue weighted by atomic mass is 19.4. The molecule has 2 atom stereocenters. The van der Waals surface area contributed by atoms with E-state index in [1.165, 1.54) is 0 Å². The van der Waals surface area contributed by atoms with Crippen LogP contribution in [0.1, 0.15) is 12.0 Å². The van der Waals surface area contributed by atoms with Crippen molar-refractivity contribution in [3.05, 3.63) is 35.9 Å². The largest absolute Gasteiger partial charge is 0.445 e. The van der Waals surface area contributed by atoms with Gasteiger partial charge in [0.25, 0.3) is 0 Å². The molecule has 1 aliphatic rings. The molecule has 3 nitrogen and oxygen atoms in total. The molecule has 7 heteroatoms. The topological polar surface area (TPSA) is 29.5 Å². The van der Waals surface area contributed by atoms with E-state index in [0.29, 0.717) is 10.5 Å². The molecule has 1 aromatic carbocycles. The molecule has 0 unspecified atom stereocenters. The summed E-state index contributed by atoms with van der Waals surface area (Å²) in [5.41, 5.74) is 0.653. The van der Waals surface area contributed by atoms with Crippen molar-refractivity contribution in [1.29, 1.82) is 0 Å². The lowest BCUT2D eigenvalue weighted by Gasteiger charge is -2.25. The van der Waals surface area contributed by atoms with Crippen LogP contribution in [0.15, 0.2) is 30.3 Å². The first-order chi connectivity index (χ1) is 9.38. The van der Waals surface area contributed by atoms with Crippen molar-refractivity contribution in [3.8, 4) is 0 Å². The lowest BCUT2D eigenvalue weighted by atomic mass is 10.2. The van der Waals surface area contributed by atoms with E-state index >= 15 is 0 Å². The summed E-state index contributed by atoms with van der Waals surface area (Å²) >= 11 is 0. The number of alkyl halides is 4. The lowest BCUT2D eigenvalue weighted by molar-refractivity contribution is -0.172. The molecular weight excluding hydrogens is 278 g/mol. The summed E-state index contributed by atoms with van der Waals surface area (Å²) in [4.78, 5) is 12.1. The van der Waals surface area contributed by atoms with Crippen molar-refractivity contribution in [3.63, 3.8) is 0 Å². The zero-order chi connectivity index (χ0) is 14.8. The maximum Gasteiger partial charge on any atom is 0.410 e. The van der Waals surface area contributed by atoms with Gasteiger partial charge in [-0.2, -0.15) is 13.2 Å². The monoisotopic (exact) mass is 291 g/mol. The van der Waals surface area contributed by atoms with Gasteiger partial charge in [0.05, 0.1) is 6.54 Å². The summed E-state index contributed by atoms with van der Waals surface area (Å²) in [6, 6.07) is 6.44. The highest BCUT2D eigenvalue weighted by molar-refractivity contribution is 5.68. The highest BCUT2D eigenvalue weighted by Crippen LogP contribution is 2.34. The Morgan fingerprint density at radius 2 is 1.95 bits per heavy atom. The molecule has 20 heavy (non-hydrogen) atoms. The van der Waals surface area contributed by atoms with E-state index in [1.54, 1.807) is 30.3 Å². The third-order valence-corrected chi connectivity index (χ3v) is 3.07. The molecule has 1 aromatic rings. The average molecular weight is 291 g/mol. The molecule has 0 aromatic heterocycles. The SMILES string of the molecule is O=C(OCc1ccccc1)N1C[C@@H](F)C[C@H]1C(F)(F)F. The number of likely N-dealkylation sites (tertiary alicyclic amines) is 1. The summed E-state index contributed by atoms with van der Waals surface area (Å²) in [6.45, 7) is -0.727. The molecule has 110 valence electrons. The molecule has 0 radical (unpaired) electrons. The molecule has 1 amide bonds. The number of carbonyl (C=O) groups excluding carboxylic acids is 1. The van der Waals surface area contributed by atoms with Gasteiger partial charge in [-0.1, -0.05) is 30.3 Å². The zero-order valence-corrected chi connectivity index (χ0v) is 10.4. The number of hydrogen-bond donors (Lipinski definition) is 0. The Kier molecular flexibility index (Phi) is 4.15. The van der Waals surface area contributed by atoms with Crippen molar-refractivity contribution >= 4 is 6.09 Å². The van der Waals surface area contributed by atoms with Crippen LogP contribution in [0, 0.1) is 0 Å². The number of benzene rings is 1. The lowest BCUT2D eigenvalue weighted by Crippen LogP contribution is -2.44. The molecule has 0 aliphatic carbocycles. The summed E-state index contributed by atoms with van der Waals surface area (Å²) in [6.07, 6.45) is -8.20. The van der Waals surface area contributed by atoms with Crippen LogP contribution in [0.5, 0.6) is 0 Å². The number of hydrogen-bond acceptors (Lipinski definition) is 2. The van der Waals surface area contributed by atoms with Crippen LogP contribution < -0.4 is 0 Å². The second-order valence-electron chi connectivity index (χ2n) is 4.58. The Bertz CT molecular complexity index is 463. The quantitative estimate of drug-likeness (QED) is 0.782. The molecule has 2 rings (SSSR count). The normalized spacial score (nSPS) is 22.9. The van der Waals surface area contributed by atoms with Gasteiger partial charge in [0, 0.05) is 6.42 Å². The van der Waals surface area contributed by atoms with Crippen LogP contribution in [0.25, 0.3) is 0 Å². The molecule has 1 heterocycles. The Hall–Kier alpha value is -1.79. The highest BCUT2D eigenvalue weighted by Gasteiger charge is 2.51. The fourth-order valence-electron chi connectivity index (χ4n) is 2.10. The predicted octanol–water partition coefficient (Wildman–Crippen LogP) is 3.30. The summed E-state index contributed by atoms with van der Waals surface area (Å²) in [5, 5.41) is 0. The first kappa shape index (κ1) is 14.6. The summed E-state index contributed by atoms with van der Waals surface area (Å²) in [7, 11) is 0. The molecule has 0 bridgehead atoms. The van der Waals surface area contributed by atoms with Crippen LogP contribution in [0.4, 0.5) is 22.4 Å². The zero-order valence-electron chi connectivity index (χ0n) is 10.4. The van der Waals surface area contributed by atoms with Gasteiger partial charge in [-0.05, 0) is 5.56 Å². The average Bonchev–Trinajstić information content (AvgIpc) is 2.79. The van der Waals surface area contributed by atoms with E-state index in [0.717, 1.165) is 0 Å². The number of ether oxygens (including phenoxy) is 1. The van der Waals surface area contributed by atoms with Crippen LogP contribution >= 0.6 is 0 Å². The van der Waals surface area contributed by atoms with Gasteiger partial charge in [-0.15, -0.1) is 0 Å². The number of rotatable bonds is 2. The molecule has 1 fully saturated rings. The summed E-state index contributed by atoms with van der Waals surface area (Å²) < 4.78 is 56.0. The van der Waals surface area contributed by atoms with Crippen molar-refractivity contribution in [2.75, 3.05) is 6.54 Å². The van der Waals surface area contributed by atoms with Gasteiger partial charge >= 0.3 is 12.3 Å². The second-order valence-corrected chi connectivity index (χ2v) is 4.58. The van der Waals surface area contributed by atoms with E-state index in [9.17, 15) is 22.4 Å². The Labute approximate surface area is 113 Å². The van der Waals surface area contributed by atoms with Crippen LogP contribution in [-0.4, -0.2) is 35.9 Å². The Morgan fingerprint density at radius 1 is 1.30 bits per heavy atom. The molecule has 0 N–H and O–H groups in total. The molecule has 1 aliphatic heterocycles. The molecule has 0 spiro atoms. The molecule has 1 saturated heterocycles. The van der Waals surface area contributed by atoms with Gasteiger partial charge in [0.1, 0.15) is 18.8 Å². The van der Waals surface area contributed by atoms with Crippen molar-refractivity contribution in [2.45, 2.75) is 31.4 Å². The maximum atomic E-state index is 13.1. The van der Waals surface area contributed by atoms with Crippen molar-refractivity contribution in [1.82, 2.24) is 4.90 Å². The van der Waals surface area contributed by atoms with Gasteiger partial charge in [-0.3, -0.25) is 4.90 Å². The minimum atomic E-state index is -4.65. The second kappa shape index (κ2) is 5.68. The fourth-order valence-corrected chi connectivity index (χ4v) is 2.10. The minimum absolute atomic E-state index is 0.141. The molecular formula is C13H13F4NO2. The number of amides is 1. The van der Waals surface area contributed by atoms with E-state index in [1.807, 2.05) is 0 Å². The first-order valence-corrected chi connectivity index (χ1v) is 6.06. The van der Waals surface area contributed by atoms with Gasteiger partial charge in [0.15, 0.2) is 0 Å². The van der Waals surface area contributed by atoms with Crippen molar-refractivity contribution < 1.29 is 27.1 Å². The number of halogens is 4. The third kappa shape index (κ3) is 3.40. The Morgan fingerprint density at radius 3 is 2.55 bits per heavy atom. The fraction of sp³-hybridized carbons (Fsp3) is 0.462. The van der Waals surface area contributed by atoms with Crippen LogP contribution in [0.2, 0.25) is 0 Å². The first-order valence-electron chi connectivity index (χ1n) is 6.06. The standard InChI is InChI=1S/C13H13F4NO2/c14-10-6-11(13(15,16)17)18(7-10)12(19)20-8-9-4-2-1-3-5-9/h1-5,10-11H,6-8H2/t10-,11-/m0/s1. The van der Waals surface area contributed by atoms with Gasteiger partial charge in [-0.25, -0.2) is 9.18 Å². The van der Waals surface area contributed by atoms with E-state index in [4.69, 9.17) is 4.74 Å². The smallest absolute Gasteiger partial charge is 0.410 e. The van der Waals surface area contributed by atoms with Crippen LogP contribution in [-0.2, 0) is 11.3 Å². The van der Waals surface area contributed by atoms with E-state index in [-0.39, 0.29) is 6.61 Å². The van der Waals surface area contributed by atoms with E-state index in [2.05, 4.69) is 0 Å². The Balaban J connectivity index is 1.97. The van der Waals surface area contributed by atoms with Crippen LogP contribution in [0.3, 0.4) is 0 Å². The third-order valence-electron chi connectivity index (χ3n) is 3.07. The van der Waals surface area contributed by atoms with Crippen molar-refractivity contribution in [2.24, 2.45) is 0 Å². The number of nitrogens with zero attached hydrogens (tertiary/aromatic N) is 1. The maximum absolute atomic E-state index is 13.1. The predicted molar refractivity (Wildman–Crippen MR) is 62.7 cm³/mol. The number of carbonyl (C=O) groups is 1. The summed E-state index contributed by atoms with van der Waals surface area (Å²) in [5.74, 6) is 0. The molecule has 0 saturated carbocycles. The minimum Gasteiger partial charge on any atom is -0.445 e.